The summed E-state index contributed by atoms with van der Waals surface area (Å²) in [5, 5.41) is 0. The highest BCUT2D eigenvalue weighted by molar-refractivity contribution is 14.1. The maximum Gasteiger partial charge on any atom is 0.240 e. The van der Waals surface area contributed by atoms with Gasteiger partial charge >= 0.3 is 0 Å². The molecule has 1 aromatic rings. The number of carbonyl (C=O) groups excluding carboxylic acids is 1. The van der Waals surface area contributed by atoms with Crippen molar-refractivity contribution in [2.45, 2.75) is 17.3 Å². The Hall–Kier alpha value is -1.48. The maximum atomic E-state index is 12.0. The predicted octanol–water partition coefficient (Wildman–Crippen LogP) is 3.10. The number of hydrogen-bond acceptors (Lipinski definition) is 2. The second-order valence-corrected chi connectivity index (χ2v) is 5.93. The van der Waals surface area contributed by atoms with Crippen molar-refractivity contribution in [2.75, 3.05) is 13.7 Å². The summed E-state index contributed by atoms with van der Waals surface area (Å²) in [6.45, 7) is 2.18. The molecule has 1 aliphatic heterocycles. The third-order valence-corrected chi connectivity index (χ3v) is 4.16. The zero-order chi connectivity index (χ0) is 14.5. The summed E-state index contributed by atoms with van der Waals surface area (Å²) < 4.78 is 5.52. The van der Waals surface area contributed by atoms with E-state index in [2.05, 4.69) is 40.5 Å². The lowest BCUT2D eigenvalue weighted by Gasteiger charge is -2.27. The van der Waals surface area contributed by atoms with Crippen molar-refractivity contribution in [1.82, 2.24) is 4.90 Å². The zero-order valence-corrected chi connectivity index (χ0v) is 13.7. The van der Waals surface area contributed by atoms with Gasteiger partial charge in [0.1, 0.15) is 12.4 Å². The van der Waals surface area contributed by atoms with Crippen LogP contribution in [0.2, 0.25) is 0 Å². The third kappa shape index (κ3) is 3.34. The first kappa shape index (κ1) is 14.9. The Bertz CT molecular complexity index is 581. The number of ether oxygens (including phenoxy) is 1. The fourth-order valence-corrected chi connectivity index (χ4v) is 2.68. The topological polar surface area (TPSA) is 29.5 Å². The second-order valence-electron chi connectivity index (χ2n) is 4.43. The first-order valence-electron chi connectivity index (χ1n) is 6.38. The molecule has 1 amide bonds. The van der Waals surface area contributed by atoms with Crippen molar-refractivity contribution in [3.63, 3.8) is 0 Å². The lowest BCUT2D eigenvalue weighted by Crippen LogP contribution is -2.35. The molecule has 1 aromatic carbocycles. The van der Waals surface area contributed by atoms with Crippen LogP contribution in [0.1, 0.15) is 18.9 Å². The van der Waals surface area contributed by atoms with E-state index in [4.69, 9.17) is 4.74 Å². The van der Waals surface area contributed by atoms with Crippen LogP contribution in [0.25, 0.3) is 5.70 Å². The van der Waals surface area contributed by atoms with E-state index < -0.39 is 0 Å². The summed E-state index contributed by atoms with van der Waals surface area (Å²) in [6.07, 6.45) is 2.89. The highest BCUT2D eigenvalue weighted by atomic mass is 127. The number of allylic oxidation sites excluding steroid dienone is 1. The van der Waals surface area contributed by atoms with Gasteiger partial charge in [0.2, 0.25) is 5.91 Å². The molecule has 0 saturated carbocycles. The van der Waals surface area contributed by atoms with Crippen molar-refractivity contribution < 1.29 is 9.53 Å². The first-order valence-corrected chi connectivity index (χ1v) is 7.62. The monoisotopic (exact) mass is 381 g/mol. The molecule has 1 atom stereocenters. The van der Waals surface area contributed by atoms with Gasteiger partial charge in [0.15, 0.2) is 0 Å². The molecular weight excluding hydrogens is 365 g/mol. The molecule has 1 aliphatic rings. The van der Waals surface area contributed by atoms with Crippen LogP contribution in [0.5, 0.6) is 5.75 Å². The van der Waals surface area contributed by atoms with Gasteiger partial charge < -0.3 is 9.64 Å². The van der Waals surface area contributed by atoms with Crippen LogP contribution in [0.15, 0.2) is 30.3 Å². The number of alkyl halides is 1. The molecule has 3 nitrogen and oxygen atoms in total. The predicted molar refractivity (Wildman–Crippen MR) is 88.6 cm³/mol. The van der Waals surface area contributed by atoms with Gasteiger partial charge in [-0.3, -0.25) is 4.79 Å². The fraction of sp³-hybridized carbons (Fsp3) is 0.312. The number of hydrogen-bond donors (Lipinski definition) is 0. The average molecular weight is 381 g/mol. The molecular formula is C16H16INO2. The molecule has 0 aliphatic carbocycles. The van der Waals surface area contributed by atoms with E-state index in [0.29, 0.717) is 6.61 Å². The Labute approximate surface area is 133 Å². The van der Waals surface area contributed by atoms with Crippen LogP contribution in [0.3, 0.4) is 0 Å². The molecule has 0 saturated heterocycles. The standard InChI is InChI=1S/C16H16INO2/c1-3-4-11-20-13-7-5-12(6-8-13)15-10-9-14(17)16(19)18(15)2/h5-8,10,14H,9,11H2,1-2H3. The van der Waals surface area contributed by atoms with E-state index >= 15 is 0 Å². The minimum absolute atomic E-state index is 0.0385. The quantitative estimate of drug-likeness (QED) is 0.458. The molecule has 0 aromatic heterocycles. The number of benzene rings is 1. The molecule has 1 unspecified atom stereocenters. The van der Waals surface area contributed by atoms with Gasteiger partial charge in [-0.2, -0.15) is 0 Å². The van der Waals surface area contributed by atoms with E-state index in [1.54, 1.807) is 11.8 Å². The molecule has 4 heteroatoms. The average Bonchev–Trinajstić information content (AvgIpc) is 2.46. The minimum atomic E-state index is 0.0385. The smallest absolute Gasteiger partial charge is 0.240 e. The SMILES string of the molecule is CC#CCOc1ccc(C2=CCC(I)C(=O)N2C)cc1. The normalized spacial score (nSPS) is 18.1. The van der Waals surface area contributed by atoms with E-state index in [1.165, 1.54) is 0 Å². The molecule has 0 fully saturated rings. The molecule has 104 valence electrons. The fourth-order valence-electron chi connectivity index (χ4n) is 2.01. The van der Waals surface area contributed by atoms with E-state index in [-0.39, 0.29) is 9.83 Å². The summed E-state index contributed by atoms with van der Waals surface area (Å²) in [7, 11) is 1.82. The van der Waals surface area contributed by atoms with Crippen molar-refractivity contribution in [3.05, 3.63) is 35.9 Å². The van der Waals surface area contributed by atoms with Gasteiger partial charge in [-0.25, -0.2) is 0 Å². The number of carbonyl (C=O) groups is 1. The minimum Gasteiger partial charge on any atom is -0.481 e. The van der Waals surface area contributed by atoms with Gasteiger partial charge in [-0.05, 0) is 43.2 Å². The van der Waals surface area contributed by atoms with Gasteiger partial charge in [-0.1, -0.05) is 34.6 Å². The van der Waals surface area contributed by atoms with E-state index in [1.807, 2.05) is 31.3 Å². The lowest BCUT2D eigenvalue weighted by molar-refractivity contribution is -0.126. The Balaban J connectivity index is 2.13. The van der Waals surface area contributed by atoms with Crippen molar-refractivity contribution in [2.24, 2.45) is 0 Å². The van der Waals surface area contributed by atoms with E-state index in [0.717, 1.165) is 23.4 Å². The van der Waals surface area contributed by atoms with Crippen LogP contribution in [0.4, 0.5) is 0 Å². The van der Waals surface area contributed by atoms with Gasteiger partial charge in [-0.15, -0.1) is 5.92 Å². The summed E-state index contributed by atoms with van der Waals surface area (Å²) in [4.78, 5) is 13.7. The Morgan fingerprint density at radius 3 is 2.75 bits per heavy atom. The van der Waals surface area contributed by atoms with E-state index in [9.17, 15) is 4.79 Å². The summed E-state index contributed by atoms with van der Waals surface area (Å²) in [6, 6.07) is 7.75. The van der Waals surface area contributed by atoms with Gasteiger partial charge in [0, 0.05) is 12.7 Å². The Kier molecular flexibility index (Phi) is 5.07. The first-order chi connectivity index (χ1) is 9.63. The highest BCUT2D eigenvalue weighted by Crippen LogP contribution is 2.28. The van der Waals surface area contributed by atoms with Crippen molar-refractivity contribution >= 4 is 34.2 Å². The second kappa shape index (κ2) is 6.80. The summed E-state index contributed by atoms with van der Waals surface area (Å²) in [5.41, 5.74) is 1.99. The number of nitrogens with zero attached hydrogens (tertiary/aromatic N) is 1. The van der Waals surface area contributed by atoms with Crippen LogP contribution < -0.4 is 4.74 Å². The number of amides is 1. The molecule has 0 N–H and O–H groups in total. The van der Waals surface area contributed by atoms with Crippen LogP contribution >= 0.6 is 22.6 Å². The molecule has 1 heterocycles. The van der Waals surface area contributed by atoms with Crippen LogP contribution in [-0.4, -0.2) is 28.4 Å². The third-order valence-electron chi connectivity index (χ3n) is 3.12. The van der Waals surface area contributed by atoms with Crippen LogP contribution in [0, 0.1) is 11.8 Å². The number of rotatable bonds is 3. The van der Waals surface area contributed by atoms with Gasteiger partial charge in [0.25, 0.3) is 0 Å². The Morgan fingerprint density at radius 1 is 1.40 bits per heavy atom. The largest absolute Gasteiger partial charge is 0.481 e. The van der Waals surface area contributed by atoms with Gasteiger partial charge in [0.05, 0.1) is 3.92 Å². The zero-order valence-electron chi connectivity index (χ0n) is 11.5. The summed E-state index contributed by atoms with van der Waals surface area (Å²) in [5.74, 6) is 6.58. The highest BCUT2D eigenvalue weighted by Gasteiger charge is 2.26. The Morgan fingerprint density at radius 2 is 2.10 bits per heavy atom. The lowest BCUT2D eigenvalue weighted by atomic mass is 10.1. The number of halogens is 1. The van der Waals surface area contributed by atoms with Crippen molar-refractivity contribution in [3.8, 4) is 17.6 Å². The van der Waals surface area contributed by atoms with Crippen molar-refractivity contribution in [1.29, 1.82) is 0 Å². The van der Waals surface area contributed by atoms with Crippen LogP contribution in [-0.2, 0) is 4.79 Å². The molecule has 0 radical (unpaired) electrons. The molecule has 0 spiro atoms. The molecule has 2 rings (SSSR count). The summed E-state index contributed by atoms with van der Waals surface area (Å²) >= 11 is 2.18. The maximum absolute atomic E-state index is 12.0. The molecule has 20 heavy (non-hydrogen) atoms. The molecule has 0 bridgehead atoms.